The van der Waals surface area contributed by atoms with Crippen LogP contribution in [0, 0.1) is 0 Å². The summed E-state index contributed by atoms with van der Waals surface area (Å²) in [4.78, 5) is 4.32. The number of ether oxygens (including phenoxy) is 2. The van der Waals surface area contributed by atoms with E-state index in [4.69, 9.17) is 26.8 Å². The van der Waals surface area contributed by atoms with Crippen molar-refractivity contribution in [3.05, 3.63) is 52.7 Å². The Morgan fingerprint density at radius 1 is 1.29 bits per heavy atom. The average molecular weight is 307 g/mol. The zero-order valence-electron chi connectivity index (χ0n) is 12.2. The Labute approximate surface area is 129 Å². The Morgan fingerprint density at radius 3 is 2.81 bits per heavy atom. The third kappa shape index (κ3) is 4.62. The first-order chi connectivity index (χ1) is 10.1. The van der Waals surface area contributed by atoms with Crippen molar-refractivity contribution in [1.29, 1.82) is 0 Å². The van der Waals surface area contributed by atoms with Crippen LogP contribution in [0.2, 0.25) is 5.02 Å². The Hall–Kier alpha value is -1.78. The van der Waals surface area contributed by atoms with Crippen molar-refractivity contribution in [3.8, 4) is 11.6 Å². The van der Waals surface area contributed by atoms with Crippen molar-refractivity contribution in [3.63, 3.8) is 0 Å². The van der Waals surface area contributed by atoms with E-state index in [9.17, 15) is 0 Å². The van der Waals surface area contributed by atoms with E-state index in [0.717, 1.165) is 17.0 Å². The van der Waals surface area contributed by atoms with Gasteiger partial charge in [-0.05, 0) is 43.2 Å². The topological polar surface area (TPSA) is 57.4 Å². The second-order valence-electron chi connectivity index (χ2n) is 4.89. The molecule has 0 saturated heterocycles. The zero-order chi connectivity index (χ0) is 15.2. The number of nitrogens with zero attached hydrogens (tertiary/aromatic N) is 1. The van der Waals surface area contributed by atoms with Gasteiger partial charge in [-0.15, -0.1) is 0 Å². The highest BCUT2D eigenvalue weighted by Gasteiger charge is 2.08. The molecule has 1 aromatic carbocycles. The molecule has 0 aliphatic carbocycles. The van der Waals surface area contributed by atoms with Gasteiger partial charge in [0.25, 0.3) is 0 Å². The Bertz CT molecular complexity index is 603. The molecule has 0 saturated carbocycles. The van der Waals surface area contributed by atoms with E-state index in [1.54, 1.807) is 19.2 Å². The number of benzene rings is 1. The van der Waals surface area contributed by atoms with Crippen molar-refractivity contribution in [2.24, 2.45) is 5.73 Å². The number of methoxy groups -OCH3 is 1. The first-order valence-electron chi connectivity index (χ1n) is 6.75. The highest BCUT2D eigenvalue weighted by Crippen LogP contribution is 2.25. The molecule has 5 heteroatoms. The molecule has 2 rings (SSSR count). The van der Waals surface area contributed by atoms with Crippen LogP contribution >= 0.6 is 11.6 Å². The predicted octanol–water partition coefficient (Wildman–Crippen LogP) is 3.21. The summed E-state index contributed by atoms with van der Waals surface area (Å²) < 4.78 is 10.9. The summed E-state index contributed by atoms with van der Waals surface area (Å²) in [6.07, 6.45) is 0.710. The molecule has 1 unspecified atom stereocenters. The maximum Gasteiger partial charge on any atom is 0.213 e. The van der Waals surface area contributed by atoms with Crippen LogP contribution in [0.25, 0.3) is 0 Å². The van der Waals surface area contributed by atoms with E-state index in [2.05, 4.69) is 4.98 Å². The van der Waals surface area contributed by atoms with Crippen molar-refractivity contribution in [1.82, 2.24) is 4.98 Å². The van der Waals surface area contributed by atoms with Crippen molar-refractivity contribution in [2.75, 3.05) is 7.11 Å². The van der Waals surface area contributed by atoms with E-state index in [-0.39, 0.29) is 6.04 Å². The fraction of sp³-hybridized carbons (Fsp3) is 0.312. The van der Waals surface area contributed by atoms with E-state index >= 15 is 0 Å². The minimum Gasteiger partial charge on any atom is -0.487 e. The van der Waals surface area contributed by atoms with Gasteiger partial charge in [0, 0.05) is 17.1 Å². The number of nitrogens with two attached hydrogens (primary N) is 1. The molecule has 1 atom stereocenters. The molecule has 0 fully saturated rings. The lowest BCUT2D eigenvalue weighted by atomic mass is 10.1. The van der Waals surface area contributed by atoms with Gasteiger partial charge in [-0.3, -0.25) is 0 Å². The van der Waals surface area contributed by atoms with Crippen LogP contribution in [0.4, 0.5) is 0 Å². The number of aromatic nitrogens is 1. The molecule has 0 spiro atoms. The molecule has 112 valence electrons. The Balaban J connectivity index is 2.11. The molecule has 21 heavy (non-hydrogen) atoms. The fourth-order valence-electron chi connectivity index (χ4n) is 2.00. The maximum atomic E-state index is 6.03. The summed E-state index contributed by atoms with van der Waals surface area (Å²) in [5, 5.41) is 0.678. The van der Waals surface area contributed by atoms with Gasteiger partial charge in [-0.1, -0.05) is 17.7 Å². The van der Waals surface area contributed by atoms with Crippen LogP contribution in [0.5, 0.6) is 11.6 Å². The van der Waals surface area contributed by atoms with Gasteiger partial charge < -0.3 is 15.2 Å². The third-order valence-corrected chi connectivity index (χ3v) is 3.17. The quantitative estimate of drug-likeness (QED) is 0.890. The molecule has 0 radical (unpaired) electrons. The molecule has 1 aromatic heterocycles. The zero-order valence-corrected chi connectivity index (χ0v) is 12.9. The van der Waals surface area contributed by atoms with Gasteiger partial charge in [0.2, 0.25) is 5.88 Å². The standard InChI is InChI=1S/C16H19ClN2O2/c1-11(18)8-12-9-13(17)6-7-15(12)21-10-14-4-3-5-16(19-14)20-2/h3-7,9,11H,8,10,18H2,1-2H3. The van der Waals surface area contributed by atoms with Gasteiger partial charge in [-0.2, -0.15) is 0 Å². The molecular weight excluding hydrogens is 288 g/mol. The maximum absolute atomic E-state index is 6.03. The van der Waals surface area contributed by atoms with E-state index in [1.165, 1.54) is 0 Å². The number of hydrogen-bond acceptors (Lipinski definition) is 4. The summed E-state index contributed by atoms with van der Waals surface area (Å²) in [5.74, 6) is 1.35. The summed E-state index contributed by atoms with van der Waals surface area (Å²) in [6, 6.07) is 11.2. The smallest absolute Gasteiger partial charge is 0.213 e. The molecule has 0 aliphatic rings. The van der Waals surface area contributed by atoms with Gasteiger partial charge in [-0.25, -0.2) is 4.98 Å². The van der Waals surface area contributed by atoms with Gasteiger partial charge in [0.05, 0.1) is 12.8 Å². The van der Waals surface area contributed by atoms with Crippen molar-refractivity contribution in [2.45, 2.75) is 26.0 Å². The lowest BCUT2D eigenvalue weighted by Gasteiger charge is -2.13. The number of hydrogen-bond donors (Lipinski definition) is 1. The monoisotopic (exact) mass is 306 g/mol. The molecule has 0 bridgehead atoms. The highest BCUT2D eigenvalue weighted by atomic mass is 35.5. The fourth-order valence-corrected chi connectivity index (χ4v) is 2.19. The first-order valence-corrected chi connectivity index (χ1v) is 7.13. The second-order valence-corrected chi connectivity index (χ2v) is 5.33. The highest BCUT2D eigenvalue weighted by molar-refractivity contribution is 6.30. The summed E-state index contributed by atoms with van der Waals surface area (Å²) in [5.41, 5.74) is 7.66. The van der Waals surface area contributed by atoms with E-state index in [1.807, 2.05) is 31.2 Å². The minimum atomic E-state index is 0.0424. The van der Waals surface area contributed by atoms with E-state index in [0.29, 0.717) is 23.9 Å². The largest absolute Gasteiger partial charge is 0.487 e. The summed E-state index contributed by atoms with van der Waals surface area (Å²) in [7, 11) is 1.59. The average Bonchev–Trinajstić information content (AvgIpc) is 2.46. The van der Waals surface area contributed by atoms with Crippen molar-refractivity contribution >= 4 is 11.6 Å². The molecule has 0 amide bonds. The lowest BCUT2D eigenvalue weighted by molar-refractivity contribution is 0.294. The van der Waals surface area contributed by atoms with Crippen LogP contribution in [0.3, 0.4) is 0 Å². The van der Waals surface area contributed by atoms with Crippen LogP contribution < -0.4 is 15.2 Å². The minimum absolute atomic E-state index is 0.0424. The van der Waals surface area contributed by atoms with Crippen molar-refractivity contribution < 1.29 is 9.47 Å². The van der Waals surface area contributed by atoms with Crippen LogP contribution in [-0.2, 0) is 13.0 Å². The number of rotatable bonds is 6. The van der Waals surface area contributed by atoms with Crippen LogP contribution in [0.15, 0.2) is 36.4 Å². The van der Waals surface area contributed by atoms with Gasteiger partial charge in [0.1, 0.15) is 12.4 Å². The summed E-state index contributed by atoms with van der Waals surface area (Å²) >= 11 is 6.03. The SMILES string of the molecule is COc1cccc(COc2ccc(Cl)cc2CC(C)N)n1. The third-order valence-electron chi connectivity index (χ3n) is 2.93. The number of pyridine rings is 1. The van der Waals surface area contributed by atoms with Crippen LogP contribution in [-0.4, -0.2) is 18.1 Å². The van der Waals surface area contributed by atoms with Gasteiger partial charge in [0.15, 0.2) is 0 Å². The number of halogens is 1. The molecule has 1 heterocycles. The Morgan fingerprint density at radius 2 is 2.10 bits per heavy atom. The second kappa shape index (κ2) is 7.29. The molecule has 0 aliphatic heterocycles. The molecular formula is C16H19ClN2O2. The molecule has 2 aromatic rings. The lowest BCUT2D eigenvalue weighted by Crippen LogP contribution is -2.18. The molecule has 2 N–H and O–H groups in total. The van der Waals surface area contributed by atoms with E-state index < -0.39 is 0 Å². The van der Waals surface area contributed by atoms with Crippen LogP contribution in [0.1, 0.15) is 18.2 Å². The molecule has 4 nitrogen and oxygen atoms in total. The first kappa shape index (κ1) is 15.6. The Kier molecular flexibility index (Phi) is 5.42. The summed E-state index contributed by atoms with van der Waals surface area (Å²) in [6.45, 7) is 2.32. The normalized spacial score (nSPS) is 12.0. The van der Waals surface area contributed by atoms with Gasteiger partial charge >= 0.3 is 0 Å². The predicted molar refractivity (Wildman–Crippen MR) is 83.9 cm³/mol.